The highest BCUT2D eigenvalue weighted by Crippen LogP contribution is 2.34. The second-order valence-corrected chi connectivity index (χ2v) is 6.56. The fraction of sp³-hybridized carbons (Fsp3) is 0.111. The van der Waals surface area contributed by atoms with E-state index in [0.717, 1.165) is 22.6 Å². The normalized spacial score (nSPS) is 14.5. The minimum Gasteiger partial charge on any atom is -0.349 e. The fourth-order valence-corrected chi connectivity index (χ4v) is 3.06. The number of nitrogens with zero attached hydrogens (tertiary/aromatic N) is 1. The molecule has 2 aromatic rings. The Balaban J connectivity index is 1.95. The van der Waals surface area contributed by atoms with Gasteiger partial charge < -0.3 is 5.32 Å². The van der Waals surface area contributed by atoms with Crippen LogP contribution in [0.3, 0.4) is 0 Å². The summed E-state index contributed by atoms with van der Waals surface area (Å²) in [5.74, 6) is -1.15. The van der Waals surface area contributed by atoms with Gasteiger partial charge in [0.05, 0.1) is 15.7 Å². The van der Waals surface area contributed by atoms with Gasteiger partial charge in [-0.1, -0.05) is 59.9 Å². The number of imide groups is 1. The zero-order chi connectivity index (χ0) is 18.1. The first-order chi connectivity index (χ1) is 11.9. The molecule has 0 spiro atoms. The van der Waals surface area contributed by atoms with Crippen molar-refractivity contribution in [2.24, 2.45) is 0 Å². The van der Waals surface area contributed by atoms with Crippen molar-refractivity contribution >= 4 is 58.0 Å². The third kappa shape index (κ3) is 3.25. The summed E-state index contributed by atoms with van der Waals surface area (Å²) in [6.45, 7) is 2.00. The number of hydrogen-bond donors (Lipinski definition) is 1. The van der Waals surface area contributed by atoms with Crippen LogP contribution in [0.15, 0.2) is 53.2 Å². The summed E-state index contributed by atoms with van der Waals surface area (Å²) < 4.78 is 0. The minimum absolute atomic E-state index is 0.0404. The molecule has 0 bridgehead atoms. The van der Waals surface area contributed by atoms with Crippen LogP contribution in [0.4, 0.5) is 11.4 Å². The molecule has 128 valence electrons. The molecule has 1 heterocycles. The molecular formula is C18H13Cl3N2O2. The van der Waals surface area contributed by atoms with E-state index in [1.165, 1.54) is 18.2 Å². The van der Waals surface area contributed by atoms with Gasteiger partial charge in [-0.05, 0) is 36.2 Å². The van der Waals surface area contributed by atoms with Crippen LogP contribution in [-0.4, -0.2) is 11.8 Å². The molecule has 2 aromatic carbocycles. The topological polar surface area (TPSA) is 49.4 Å². The molecule has 0 saturated heterocycles. The Bertz CT molecular complexity index is 909. The molecule has 1 N–H and O–H groups in total. The third-order valence-electron chi connectivity index (χ3n) is 3.85. The highest BCUT2D eigenvalue weighted by molar-refractivity contribution is 6.53. The SMILES string of the molecule is CCc1ccccc1NC1=C(Cl)C(=O)N(c2ccc(Cl)c(Cl)c2)C1=O. The van der Waals surface area contributed by atoms with Gasteiger partial charge in [-0.3, -0.25) is 9.59 Å². The lowest BCUT2D eigenvalue weighted by molar-refractivity contribution is -0.120. The second kappa shape index (κ2) is 7.08. The molecule has 0 aliphatic carbocycles. The number of halogens is 3. The number of aryl methyl sites for hydroxylation is 1. The molecule has 0 radical (unpaired) electrons. The minimum atomic E-state index is -0.610. The van der Waals surface area contributed by atoms with Gasteiger partial charge in [-0.15, -0.1) is 0 Å². The first-order valence-corrected chi connectivity index (χ1v) is 8.66. The molecule has 1 aliphatic rings. The molecule has 7 heteroatoms. The Morgan fingerprint density at radius 1 is 0.960 bits per heavy atom. The second-order valence-electron chi connectivity index (χ2n) is 5.37. The Labute approximate surface area is 160 Å². The van der Waals surface area contributed by atoms with Crippen molar-refractivity contribution in [2.45, 2.75) is 13.3 Å². The lowest BCUT2D eigenvalue weighted by atomic mass is 10.1. The number of carbonyl (C=O) groups excluding carboxylic acids is 2. The Kier molecular flexibility index (Phi) is 5.04. The molecular weight excluding hydrogens is 383 g/mol. The molecule has 0 unspecified atom stereocenters. The van der Waals surface area contributed by atoms with Crippen LogP contribution >= 0.6 is 34.8 Å². The molecule has 0 aromatic heterocycles. The first kappa shape index (κ1) is 17.8. The van der Waals surface area contributed by atoms with Crippen molar-refractivity contribution in [1.82, 2.24) is 0 Å². The fourth-order valence-electron chi connectivity index (χ4n) is 2.56. The maximum Gasteiger partial charge on any atom is 0.283 e. The lowest BCUT2D eigenvalue weighted by Gasteiger charge is -2.16. The molecule has 25 heavy (non-hydrogen) atoms. The lowest BCUT2D eigenvalue weighted by Crippen LogP contribution is -2.32. The molecule has 0 atom stereocenters. The average molecular weight is 396 g/mol. The number of para-hydroxylation sites is 1. The van der Waals surface area contributed by atoms with Crippen LogP contribution in [0.25, 0.3) is 0 Å². The number of hydrogen-bond acceptors (Lipinski definition) is 3. The molecule has 2 amide bonds. The highest BCUT2D eigenvalue weighted by Gasteiger charge is 2.39. The van der Waals surface area contributed by atoms with Crippen LogP contribution in [0.2, 0.25) is 10.0 Å². The number of carbonyl (C=O) groups is 2. The zero-order valence-corrected chi connectivity index (χ0v) is 15.4. The Morgan fingerprint density at radius 3 is 2.36 bits per heavy atom. The van der Waals surface area contributed by atoms with Gasteiger partial charge in [0.1, 0.15) is 10.7 Å². The van der Waals surface area contributed by atoms with Crippen LogP contribution < -0.4 is 10.2 Å². The van der Waals surface area contributed by atoms with Gasteiger partial charge in [0.2, 0.25) is 0 Å². The Hall–Kier alpha value is -2.01. The number of benzene rings is 2. The molecule has 1 aliphatic heterocycles. The number of rotatable bonds is 4. The number of nitrogens with one attached hydrogen (secondary N) is 1. The third-order valence-corrected chi connectivity index (χ3v) is 4.94. The van der Waals surface area contributed by atoms with Gasteiger partial charge in [0.25, 0.3) is 11.8 Å². The summed E-state index contributed by atoms with van der Waals surface area (Å²) in [6.07, 6.45) is 0.771. The Morgan fingerprint density at radius 2 is 1.68 bits per heavy atom. The summed E-state index contributed by atoms with van der Waals surface area (Å²) in [5, 5.41) is 3.40. The van der Waals surface area contributed by atoms with Crippen molar-refractivity contribution in [1.29, 1.82) is 0 Å². The monoisotopic (exact) mass is 394 g/mol. The van der Waals surface area contributed by atoms with E-state index in [1.807, 2.05) is 31.2 Å². The number of amides is 2. The summed E-state index contributed by atoms with van der Waals surface area (Å²) in [5.41, 5.74) is 2.09. The maximum absolute atomic E-state index is 12.8. The molecule has 0 fully saturated rings. The van der Waals surface area contributed by atoms with E-state index in [4.69, 9.17) is 34.8 Å². The van der Waals surface area contributed by atoms with Gasteiger partial charge >= 0.3 is 0 Å². The predicted octanol–water partition coefficient (Wildman–Crippen LogP) is 4.99. The summed E-state index contributed by atoms with van der Waals surface area (Å²) in [4.78, 5) is 26.2. The molecule has 3 rings (SSSR count). The average Bonchev–Trinajstić information content (AvgIpc) is 2.81. The van der Waals surface area contributed by atoms with E-state index in [-0.39, 0.29) is 15.8 Å². The van der Waals surface area contributed by atoms with Gasteiger partial charge in [-0.25, -0.2) is 4.90 Å². The van der Waals surface area contributed by atoms with E-state index >= 15 is 0 Å². The van der Waals surface area contributed by atoms with Crippen LogP contribution in [-0.2, 0) is 16.0 Å². The number of anilines is 2. The van der Waals surface area contributed by atoms with Crippen molar-refractivity contribution in [3.8, 4) is 0 Å². The van der Waals surface area contributed by atoms with Crippen molar-refractivity contribution in [3.63, 3.8) is 0 Å². The van der Waals surface area contributed by atoms with E-state index in [1.54, 1.807) is 0 Å². The maximum atomic E-state index is 12.8. The van der Waals surface area contributed by atoms with Crippen molar-refractivity contribution in [3.05, 3.63) is 68.8 Å². The smallest absolute Gasteiger partial charge is 0.283 e. The van der Waals surface area contributed by atoms with E-state index in [9.17, 15) is 9.59 Å². The molecule has 0 saturated carbocycles. The summed E-state index contributed by atoms with van der Waals surface area (Å²) in [7, 11) is 0. The first-order valence-electron chi connectivity index (χ1n) is 7.52. The van der Waals surface area contributed by atoms with Gasteiger partial charge in [0.15, 0.2) is 0 Å². The summed E-state index contributed by atoms with van der Waals surface area (Å²) >= 11 is 18.0. The highest BCUT2D eigenvalue weighted by atomic mass is 35.5. The van der Waals surface area contributed by atoms with Crippen molar-refractivity contribution < 1.29 is 9.59 Å². The van der Waals surface area contributed by atoms with Crippen molar-refractivity contribution in [2.75, 3.05) is 10.2 Å². The molecule has 4 nitrogen and oxygen atoms in total. The standard InChI is InChI=1S/C18H13Cl3N2O2/c1-2-10-5-3-4-6-14(10)22-16-15(21)17(24)23(18(16)25)11-7-8-12(19)13(20)9-11/h3-9,22H,2H2,1H3. The van der Waals surface area contributed by atoms with Crippen LogP contribution in [0, 0.1) is 0 Å². The van der Waals surface area contributed by atoms with E-state index in [0.29, 0.717) is 10.7 Å². The van der Waals surface area contributed by atoms with E-state index in [2.05, 4.69) is 5.32 Å². The predicted molar refractivity (Wildman–Crippen MR) is 101 cm³/mol. The quantitative estimate of drug-likeness (QED) is 0.742. The van der Waals surface area contributed by atoms with Gasteiger partial charge in [-0.2, -0.15) is 0 Å². The van der Waals surface area contributed by atoms with E-state index < -0.39 is 11.8 Å². The van der Waals surface area contributed by atoms with Crippen LogP contribution in [0.5, 0.6) is 0 Å². The largest absolute Gasteiger partial charge is 0.349 e. The zero-order valence-electron chi connectivity index (χ0n) is 13.1. The van der Waals surface area contributed by atoms with Gasteiger partial charge in [0, 0.05) is 5.69 Å². The van der Waals surface area contributed by atoms with Crippen LogP contribution in [0.1, 0.15) is 12.5 Å². The summed E-state index contributed by atoms with van der Waals surface area (Å²) in [6, 6.07) is 12.0.